The number of hydrogen-bond donors (Lipinski definition) is 0. The predicted octanol–water partition coefficient (Wildman–Crippen LogP) is 6.02. The molecule has 0 aromatic rings. The molecule has 0 unspecified atom stereocenters. The van der Waals surface area contributed by atoms with Crippen molar-refractivity contribution >= 4 is 5.97 Å². The van der Waals surface area contributed by atoms with Crippen LogP contribution in [0.2, 0.25) is 0 Å². The fourth-order valence-corrected chi connectivity index (χ4v) is 3.37. The maximum Gasteiger partial charge on any atom is 0.333 e. The normalized spacial score (nSPS) is 12.8. The molecule has 166 valence electrons. The number of esters is 1. The Bertz CT molecular complexity index is 391. The smallest absolute Gasteiger partial charge is 0.333 e. The molecule has 0 saturated heterocycles. The van der Waals surface area contributed by atoms with Gasteiger partial charge in [0.05, 0.1) is 6.61 Å². The zero-order valence-corrected chi connectivity index (χ0v) is 19.0. The van der Waals surface area contributed by atoms with Crippen LogP contribution in [0.15, 0.2) is 12.2 Å². The lowest BCUT2D eigenvalue weighted by molar-refractivity contribution is -0.403. The highest BCUT2D eigenvalue weighted by Crippen LogP contribution is 2.34. The van der Waals surface area contributed by atoms with Crippen LogP contribution in [0.5, 0.6) is 0 Å². The Morgan fingerprint density at radius 1 is 0.821 bits per heavy atom. The van der Waals surface area contributed by atoms with Gasteiger partial charge in [0.15, 0.2) is 0 Å². The quantitative estimate of drug-likeness (QED) is 0.115. The van der Waals surface area contributed by atoms with Gasteiger partial charge >= 0.3 is 5.97 Å². The summed E-state index contributed by atoms with van der Waals surface area (Å²) in [6.45, 7) is 15.3. The fraction of sp³-hybridized carbons (Fsp3) is 0.870. The second kappa shape index (κ2) is 17.0. The van der Waals surface area contributed by atoms with E-state index in [-0.39, 0.29) is 11.9 Å². The summed E-state index contributed by atoms with van der Waals surface area (Å²) in [4.78, 5) is 11.6. The van der Waals surface area contributed by atoms with Gasteiger partial charge in [-0.2, -0.15) is 0 Å². The second-order valence-electron chi connectivity index (χ2n) is 7.21. The van der Waals surface area contributed by atoms with Gasteiger partial charge < -0.3 is 18.9 Å². The molecule has 5 heteroatoms. The van der Waals surface area contributed by atoms with Crippen LogP contribution in [0.25, 0.3) is 0 Å². The number of rotatable bonds is 19. The van der Waals surface area contributed by atoms with Gasteiger partial charge in [-0.25, -0.2) is 4.79 Å². The van der Waals surface area contributed by atoms with E-state index in [1.807, 2.05) is 20.8 Å². The van der Waals surface area contributed by atoms with Crippen LogP contribution in [-0.2, 0) is 23.7 Å². The second-order valence-corrected chi connectivity index (χ2v) is 7.21. The molecule has 0 aromatic heterocycles. The van der Waals surface area contributed by atoms with Gasteiger partial charge in [-0.1, -0.05) is 52.0 Å². The summed E-state index contributed by atoms with van der Waals surface area (Å²) in [5, 5.41) is 0. The third-order valence-corrected chi connectivity index (χ3v) is 4.72. The van der Waals surface area contributed by atoms with Crippen molar-refractivity contribution in [2.24, 2.45) is 5.92 Å². The van der Waals surface area contributed by atoms with Gasteiger partial charge in [0.1, 0.15) is 0 Å². The zero-order chi connectivity index (χ0) is 21.3. The first-order valence-electron chi connectivity index (χ1n) is 11.2. The summed E-state index contributed by atoms with van der Waals surface area (Å²) in [5.41, 5.74) is 0.427. The largest absolute Gasteiger partial charge is 0.462 e. The minimum absolute atomic E-state index is 0.0991. The van der Waals surface area contributed by atoms with E-state index in [9.17, 15) is 4.79 Å². The van der Waals surface area contributed by atoms with Crippen molar-refractivity contribution in [3.05, 3.63) is 12.2 Å². The maximum absolute atomic E-state index is 11.6. The molecule has 0 N–H and O–H groups in total. The Balaban J connectivity index is 4.89. The first-order valence-corrected chi connectivity index (χ1v) is 11.2. The number of carbonyl (C=O) groups is 1. The van der Waals surface area contributed by atoms with Crippen LogP contribution in [-0.4, -0.2) is 38.4 Å². The van der Waals surface area contributed by atoms with Gasteiger partial charge in [-0.05, 0) is 47.0 Å². The Labute approximate surface area is 173 Å². The molecule has 5 nitrogen and oxygen atoms in total. The lowest BCUT2D eigenvalue weighted by atomic mass is 9.93. The highest BCUT2D eigenvalue weighted by molar-refractivity contribution is 5.86. The van der Waals surface area contributed by atoms with E-state index in [0.717, 1.165) is 25.7 Å². The molecule has 0 aliphatic heterocycles. The summed E-state index contributed by atoms with van der Waals surface area (Å²) >= 11 is 0. The Hall–Kier alpha value is -0.910. The standard InChI is InChI=1S/C23H44O5/c1-7-11-12-13-14-15-17-21(18-16-19-25-22(24)20(5)6)23(26-8-2,27-9-3)28-10-4/h21H,5,7-19H2,1-4,6H3/t21-/m1/s1. The van der Waals surface area contributed by atoms with Crippen molar-refractivity contribution in [2.45, 2.75) is 98.4 Å². The minimum atomic E-state index is -1.01. The van der Waals surface area contributed by atoms with Crippen molar-refractivity contribution in [2.75, 3.05) is 26.4 Å². The Kier molecular flexibility index (Phi) is 16.4. The third-order valence-electron chi connectivity index (χ3n) is 4.72. The molecule has 0 fully saturated rings. The topological polar surface area (TPSA) is 54.0 Å². The molecule has 0 amide bonds. The van der Waals surface area contributed by atoms with Crippen LogP contribution in [0.4, 0.5) is 0 Å². The van der Waals surface area contributed by atoms with Crippen molar-refractivity contribution in [3.8, 4) is 0 Å². The Morgan fingerprint density at radius 2 is 1.32 bits per heavy atom. The van der Waals surface area contributed by atoms with Gasteiger partial charge in [0.2, 0.25) is 0 Å². The van der Waals surface area contributed by atoms with E-state index in [1.54, 1.807) is 6.92 Å². The molecule has 28 heavy (non-hydrogen) atoms. The van der Waals surface area contributed by atoms with Crippen LogP contribution in [0.3, 0.4) is 0 Å². The Morgan fingerprint density at radius 3 is 1.82 bits per heavy atom. The van der Waals surface area contributed by atoms with Gasteiger partial charge in [0.25, 0.3) is 5.97 Å². The van der Waals surface area contributed by atoms with E-state index in [4.69, 9.17) is 18.9 Å². The van der Waals surface area contributed by atoms with Gasteiger partial charge in [-0.15, -0.1) is 0 Å². The first kappa shape index (κ1) is 27.1. The first-order chi connectivity index (χ1) is 13.5. The summed E-state index contributed by atoms with van der Waals surface area (Å²) in [6.07, 6.45) is 9.99. The maximum atomic E-state index is 11.6. The van der Waals surface area contributed by atoms with E-state index in [2.05, 4.69) is 13.5 Å². The molecule has 0 radical (unpaired) electrons. The molecular formula is C23H44O5. The minimum Gasteiger partial charge on any atom is -0.462 e. The lowest BCUT2D eigenvalue weighted by Gasteiger charge is -2.39. The van der Waals surface area contributed by atoms with Crippen molar-refractivity contribution in [3.63, 3.8) is 0 Å². The predicted molar refractivity (Wildman–Crippen MR) is 114 cm³/mol. The van der Waals surface area contributed by atoms with Crippen LogP contribution >= 0.6 is 0 Å². The van der Waals surface area contributed by atoms with Gasteiger partial charge in [-0.3, -0.25) is 0 Å². The monoisotopic (exact) mass is 400 g/mol. The highest BCUT2D eigenvalue weighted by atomic mass is 16.9. The van der Waals surface area contributed by atoms with Crippen molar-refractivity contribution in [1.82, 2.24) is 0 Å². The fourth-order valence-electron chi connectivity index (χ4n) is 3.37. The SMILES string of the molecule is C=C(C)C(=O)OCCC[C@@H](CCCCCCCC)C(OCC)(OCC)OCC. The van der Waals surface area contributed by atoms with E-state index < -0.39 is 5.97 Å². The summed E-state index contributed by atoms with van der Waals surface area (Å²) in [7, 11) is 0. The number of ether oxygens (including phenoxy) is 4. The van der Waals surface area contributed by atoms with Crippen molar-refractivity contribution in [1.29, 1.82) is 0 Å². The number of unbranched alkanes of at least 4 members (excludes halogenated alkanes) is 5. The average Bonchev–Trinajstić information content (AvgIpc) is 2.66. The lowest BCUT2D eigenvalue weighted by Crippen LogP contribution is -2.47. The molecule has 0 aliphatic carbocycles. The molecule has 0 spiro atoms. The number of carbonyl (C=O) groups excluding carboxylic acids is 1. The molecule has 0 heterocycles. The van der Waals surface area contributed by atoms with Gasteiger partial charge in [0, 0.05) is 31.3 Å². The molecule has 0 saturated carbocycles. The molecule has 0 aromatic carbocycles. The highest BCUT2D eigenvalue weighted by Gasteiger charge is 2.41. The summed E-state index contributed by atoms with van der Waals surface area (Å²) in [6, 6.07) is 0. The summed E-state index contributed by atoms with van der Waals surface area (Å²) in [5.74, 6) is -1.25. The number of hydrogen-bond acceptors (Lipinski definition) is 5. The average molecular weight is 401 g/mol. The van der Waals surface area contributed by atoms with E-state index in [0.29, 0.717) is 32.0 Å². The molecule has 0 rings (SSSR count). The van der Waals surface area contributed by atoms with Crippen LogP contribution in [0, 0.1) is 5.92 Å². The zero-order valence-electron chi connectivity index (χ0n) is 19.0. The van der Waals surface area contributed by atoms with E-state index >= 15 is 0 Å². The molecular weight excluding hydrogens is 356 g/mol. The molecule has 0 bridgehead atoms. The van der Waals surface area contributed by atoms with Crippen molar-refractivity contribution < 1.29 is 23.7 Å². The molecule has 0 aliphatic rings. The van der Waals surface area contributed by atoms with Crippen LogP contribution < -0.4 is 0 Å². The van der Waals surface area contributed by atoms with Crippen LogP contribution in [0.1, 0.15) is 92.4 Å². The van der Waals surface area contributed by atoms with E-state index in [1.165, 1.54) is 32.1 Å². The third kappa shape index (κ3) is 11.2. The molecule has 1 atom stereocenters. The summed E-state index contributed by atoms with van der Waals surface area (Å²) < 4.78 is 23.3.